The Bertz CT molecular complexity index is 695. The maximum Gasteiger partial charge on any atom is 0.269 e. The molecule has 9 nitrogen and oxygen atoms in total. The van der Waals surface area contributed by atoms with Gasteiger partial charge >= 0.3 is 0 Å². The van der Waals surface area contributed by atoms with Gasteiger partial charge in [0.25, 0.3) is 5.69 Å². The molecule has 0 radical (unpaired) electrons. The van der Waals surface area contributed by atoms with Crippen molar-refractivity contribution in [3.63, 3.8) is 0 Å². The third kappa shape index (κ3) is 3.99. The molecule has 1 saturated carbocycles. The van der Waals surface area contributed by atoms with Gasteiger partial charge in [0, 0.05) is 25.2 Å². The summed E-state index contributed by atoms with van der Waals surface area (Å²) >= 11 is 0. The first-order valence-corrected chi connectivity index (χ1v) is 8.66. The number of tetrazole rings is 1. The van der Waals surface area contributed by atoms with Crippen LogP contribution >= 0.6 is 0 Å². The number of aromatic nitrogens is 4. The lowest BCUT2D eigenvalue weighted by Gasteiger charge is -2.25. The van der Waals surface area contributed by atoms with E-state index in [4.69, 9.17) is 5.73 Å². The van der Waals surface area contributed by atoms with Gasteiger partial charge < -0.3 is 11.1 Å². The van der Waals surface area contributed by atoms with Crippen molar-refractivity contribution in [3.8, 4) is 0 Å². The van der Waals surface area contributed by atoms with Crippen LogP contribution in [0.5, 0.6) is 0 Å². The van der Waals surface area contributed by atoms with E-state index in [9.17, 15) is 10.1 Å². The Labute approximate surface area is 145 Å². The number of non-ortho nitro benzene ring substituents is 1. The summed E-state index contributed by atoms with van der Waals surface area (Å²) in [6.45, 7) is 1.08. The van der Waals surface area contributed by atoms with Crippen molar-refractivity contribution in [2.45, 2.75) is 44.2 Å². The third-order valence-corrected chi connectivity index (χ3v) is 4.63. The SMILES string of the molecule is NCCNC(c1ccc([N+](=O)[O-])cc1)c1nnnn1C1CCCCC1. The van der Waals surface area contributed by atoms with Crippen LogP contribution in [-0.4, -0.2) is 38.2 Å². The van der Waals surface area contributed by atoms with Gasteiger partial charge in [-0.15, -0.1) is 5.10 Å². The number of nitrogens with two attached hydrogens (primary N) is 1. The van der Waals surface area contributed by atoms with Crippen LogP contribution in [-0.2, 0) is 0 Å². The number of hydrogen-bond acceptors (Lipinski definition) is 7. The van der Waals surface area contributed by atoms with Crippen LogP contribution in [0.2, 0.25) is 0 Å². The molecule has 0 spiro atoms. The molecule has 134 valence electrons. The second kappa shape index (κ2) is 8.13. The van der Waals surface area contributed by atoms with E-state index in [-0.39, 0.29) is 11.7 Å². The van der Waals surface area contributed by atoms with E-state index in [0.717, 1.165) is 24.2 Å². The van der Waals surface area contributed by atoms with E-state index in [1.54, 1.807) is 12.1 Å². The first kappa shape index (κ1) is 17.4. The molecule has 2 aromatic rings. The van der Waals surface area contributed by atoms with Gasteiger partial charge in [0.2, 0.25) is 0 Å². The van der Waals surface area contributed by atoms with E-state index >= 15 is 0 Å². The molecule has 3 rings (SSSR count). The second-order valence-corrected chi connectivity index (χ2v) is 6.30. The molecule has 1 aromatic heterocycles. The molecule has 25 heavy (non-hydrogen) atoms. The minimum Gasteiger partial charge on any atom is -0.329 e. The lowest BCUT2D eigenvalue weighted by Crippen LogP contribution is -2.31. The van der Waals surface area contributed by atoms with Gasteiger partial charge in [0.05, 0.1) is 17.0 Å². The summed E-state index contributed by atoms with van der Waals surface area (Å²) in [5, 5.41) is 26.6. The van der Waals surface area contributed by atoms with Gasteiger partial charge in [0.15, 0.2) is 5.82 Å². The summed E-state index contributed by atoms with van der Waals surface area (Å²) in [5.41, 5.74) is 6.59. The van der Waals surface area contributed by atoms with Crippen LogP contribution in [0.4, 0.5) is 5.69 Å². The van der Waals surface area contributed by atoms with E-state index in [1.165, 1.54) is 31.4 Å². The van der Waals surface area contributed by atoms with Crippen molar-refractivity contribution < 1.29 is 4.92 Å². The molecule has 1 unspecified atom stereocenters. The highest BCUT2D eigenvalue weighted by atomic mass is 16.6. The summed E-state index contributed by atoms with van der Waals surface area (Å²) in [4.78, 5) is 10.5. The minimum atomic E-state index is -0.405. The first-order valence-electron chi connectivity index (χ1n) is 8.66. The molecular formula is C16H23N7O2. The number of nitro groups is 1. The smallest absolute Gasteiger partial charge is 0.269 e. The van der Waals surface area contributed by atoms with Crippen molar-refractivity contribution in [1.29, 1.82) is 0 Å². The molecule has 0 amide bonds. The van der Waals surface area contributed by atoms with Crippen LogP contribution in [0.15, 0.2) is 24.3 Å². The first-order chi connectivity index (χ1) is 12.2. The number of nitrogens with one attached hydrogen (secondary N) is 1. The zero-order chi connectivity index (χ0) is 17.6. The highest BCUT2D eigenvalue weighted by Crippen LogP contribution is 2.31. The molecule has 0 aliphatic heterocycles. The lowest BCUT2D eigenvalue weighted by molar-refractivity contribution is -0.384. The maximum atomic E-state index is 10.9. The molecule has 1 aliphatic carbocycles. The largest absolute Gasteiger partial charge is 0.329 e. The fourth-order valence-corrected chi connectivity index (χ4v) is 3.35. The van der Waals surface area contributed by atoms with Crippen molar-refractivity contribution >= 4 is 5.69 Å². The van der Waals surface area contributed by atoms with Crippen LogP contribution in [0.1, 0.15) is 55.6 Å². The second-order valence-electron chi connectivity index (χ2n) is 6.30. The summed E-state index contributed by atoms with van der Waals surface area (Å²) in [5.74, 6) is 0.731. The van der Waals surface area contributed by atoms with Crippen LogP contribution < -0.4 is 11.1 Å². The van der Waals surface area contributed by atoms with Gasteiger partial charge in [-0.05, 0) is 28.8 Å². The van der Waals surface area contributed by atoms with Crippen LogP contribution in [0.3, 0.4) is 0 Å². The van der Waals surface area contributed by atoms with E-state index in [2.05, 4.69) is 20.8 Å². The molecule has 1 fully saturated rings. The van der Waals surface area contributed by atoms with E-state index in [1.807, 2.05) is 4.68 Å². The minimum absolute atomic E-state index is 0.0631. The molecule has 9 heteroatoms. The normalized spacial score (nSPS) is 16.7. The number of nitrogens with zero attached hydrogens (tertiary/aromatic N) is 5. The van der Waals surface area contributed by atoms with Crippen molar-refractivity contribution in [3.05, 3.63) is 45.8 Å². The molecule has 1 atom stereocenters. The molecular weight excluding hydrogens is 322 g/mol. The van der Waals surface area contributed by atoms with Crippen molar-refractivity contribution in [1.82, 2.24) is 25.5 Å². The lowest BCUT2D eigenvalue weighted by atomic mass is 9.95. The Kier molecular flexibility index (Phi) is 5.67. The molecule has 3 N–H and O–H groups in total. The van der Waals surface area contributed by atoms with Gasteiger partial charge in [-0.25, -0.2) is 4.68 Å². The maximum absolute atomic E-state index is 10.9. The molecule has 0 saturated heterocycles. The Balaban J connectivity index is 1.90. The van der Waals surface area contributed by atoms with E-state index in [0.29, 0.717) is 19.1 Å². The Hall–Kier alpha value is -2.39. The van der Waals surface area contributed by atoms with Gasteiger partial charge in [-0.3, -0.25) is 10.1 Å². The number of hydrogen-bond donors (Lipinski definition) is 2. The van der Waals surface area contributed by atoms with Gasteiger partial charge in [0.1, 0.15) is 0 Å². The fraction of sp³-hybridized carbons (Fsp3) is 0.562. The molecule has 1 aromatic carbocycles. The summed E-state index contributed by atoms with van der Waals surface area (Å²) in [6.07, 6.45) is 5.76. The van der Waals surface area contributed by atoms with Crippen molar-refractivity contribution in [2.75, 3.05) is 13.1 Å². The molecule has 1 heterocycles. The predicted octanol–water partition coefficient (Wildman–Crippen LogP) is 1.72. The molecule has 1 aliphatic rings. The number of nitro benzene ring substituents is 1. The van der Waals surface area contributed by atoms with E-state index < -0.39 is 4.92 Å². The van der Waals surface area contributed by atoms with Gasteiger partial charge in [-0.1, -0.05) is 31.4 Å². The zero-order valence-corrected chi connectivity index (χ0v) is 14.0. The quantitative estimate of drug-likeness (QED) is 0.578. The third-order valence-electron chi connectivity index (χ3n) is 4.63. The number of rotatable bonds is 7. The molecule has 0 bridgehead atoms. The van der Waals surface area contributed by atoms with Gasteiger partial charge in [-0.2, -0.15) is 0 Å². The monoisotopic (exact) mass is 345 g/mol. The predicted molar refractivity (Wildman–Crippen MR) is 91.9 cm³/mol. The topological polar surface area (TPSA) is 125 Å². The highest BCUT2D eigenvalue weighted by molar-refractivity contribution is 5.36. The Morgan fingerprint density at radius 1 is 1.28 bits per heavy atom. The average Bonchev–Trinajstić information content (AvgIpc) is 3.13. The Morgan fingerprint density at radius 2 is 2.00 bits per heavy atom. The zero-order valence-electron chi connectivity index (χ0n) is 14.0. The summed E-state index contributed by atoms with van der Waals surface area (Å²) < 4.78 is 1.91. The van der Waals surface area contributed by atoms with Crippen LogP contribution in [0.25, 0.3) is 0 Å². The average molecular weight is 345 g/mol. The Morgan fingerprint density at radius 3 is 2.64 bits per heavy atom. The van der Waals surface area contributed by atoms with Crippen LogP contribution in [0, 0.1) is 10.1 Å². The fourth-order valence-electron chi connectivity index (χ4n) is 3.35. The number of benzene rings is 1. The standard InChI is InChI=1S/C16H23N7O2/c17-10-11-18-15(12-6-8-14(9-7-12)23(24)25)16-19-20-21-22(16)13-4-2-1-3-5-13/h6-9,13,15,18H,1-5,10-11,17H2. The highest BCUT2D eigenvalue weighted by Gasteiger charge is 2.26. The summed E-state index contributed by atoms with van der Waals surface area (Å²) in [6, 6.07) is 6.54. The van der Waals surface area contributed by atoms with Crippen molar-refractivity contribution in [2.24, 2.45) is 5.73 Å². The summed E-state index contributed by atoms with van der Waals surface area (Å²) in [7, 11) is 0.